The highest BCUT2D eigenvalue weighted by atomic mass is 14.6. The van der Waals surface area contributed by atoms with Gasteiger partial charge in [0, 0.05) is 6.04 Å². The maximum atomic E-state index is 6.27. The van der Waals surface area contributed by atoms with Gasteiger partial charge in [0.2, 0.25) is 0 Å². The molecule has 1 atom stereocenters. The standard InChI is InChI=1S/C16H33N/c1-2-3-4-5-10-13-16(17)14-15-11-8-6-7-9-12-15/h15-16H,2-14,17H2,1H3. The second kappa shape index (κ2) is 9.94. The Kier molecular flexibility index (Phi) is 8.78. The summed E-state index contributed by atoms with van der Waals surface area (Å²) in [6, 6.07) is 0.486. The molecule has 1 saturated carbocycles. The first kappa shape index (κ1) is 15.0. The van der Waals surface area contributed by atoms with Gasteiger partial charge < -0.3 is 5.73 Å². The van der Waals surface area contributed by atoms with E-state index in [1.54, 1.807) is 0 Å². The average Bonchev–Trinajstić information content (AvgIpc) is 2.57. The molecule has 0 saturated heterocycles. The molecule has 0 amide bonds. The summed E-state index contributed by atoms with van der Waals surface area (Å²) in [6.07, 6.45) is 18.2. The lowest BCUT2D eigenvalue weighted by molar-refractivity contribution is 0.372. The van der Waals surface area contributed by atoms with E-state index in [2.05, 4.69) is 6.92 Å². The number of hydrogen-bond donors (Lipinski definition) is 1. The Morgan fingerprint density at radius 2 is 1.59 bits per heavy atom. The fraction of sp³-hybridized carbons (Fsp3) is 1.00. The van der Waals surface area contributed by atoms with Crippen molar-refractivity contribution in [2.24, 2.45) is 11.7 Å². The van der Waals surface area contributed by atoms with Crippen molar-refractivity contribution in [3.63, 3.8) is 0 Å². The monoisotopic (exact) mass is 239 g/mol. The first-order valence-corrected chi connectivity index (χ1v) is 8.08. The van der Waals surface area contributed by atoms with Gasteiger partial charge in [-0.05, 0) is 18.8 Å². The molecule has 1 aliphatic rings. The van der Waals surface area contributed by atoms with Gasteiger partial charge in [-0.25, -0.2) is 0 Å². The van der Waals surface area contributed by atoms with E-state index in [0.717, 1.165) is 5.92 Å². The zero-order valence-corrected chi connectivity index (χ0v) is 11.9. The van der Waals surface area contributed by atoms with Gasteiger partial charge in [0.15, 0.2) is 0 Å². The Bertz CT molecular complexity index is 159. The highest BCUT2D eigenvalue weighted by Crippen LogP contribution is 2.27. The van der Waals surface area contributed by atoms with E-state index in [0.29, 0.717) is 6.04 Å². The molecule has 1 fully saturated rings. The molecule has 0 aromatic rings. The summed E-state index contributed by atoms with van der Waals surface area (Å²) in [5.41, 5.74) is 6.27. The number of hydrogen-bond acceptors (Lipinski definition) is 1. The van der Waals surface area contributed by atoms with Crippen LogP contribution in [0.1, 0.15) is 90.4 Å². The zero-order chi connectivity index (χ0) is 12.3. The maximum absolute atomic E-state index is 6.27. The molecule has 0 bridgehead atoms. The molecule has 1 aliphatic carbocycles. The van der Waals surface area contributed by atoms with Crippen LogP contribution in [-0.2, 0) is 0 Å². The van der Waals surface area contributed by atoms with Crippen LogP contribution >= 0.6 is 0 Å². The van der Waals surface area contributed by atoms with Crippen molar-refractivity contribution in [3.8, 4) is 0 Å². The van der Waals surface area contributed by atoms with E-state index in [1.807, 2.05) is 0 Å². The zero-order valence-electron chi connectivity index (χ0n) is 11.9. The van der Waals surface area contributed by atoms with Crippen LogP contribution in [0.25, 0.3) is 0 Å². The summed E-state index contributed by atoms with van der Waals surface area (Å²) in [7, 11) is 0. The minimum absolute atomic E-state index is 0.486. The predicted octanol–water partition coefficient (Wildman–Crippen LogP) is 5.03. The third-order valence-electron chi connectivity index (χ3n) is 4.29. The highest BCUT2D eigenvalue weighted by Gasteiger charge is 2.15. The van der Waals surface area contributed by atoms with E-state index in [-0.39, 0.29) is 0 Å². The molecule has 1 heteroatoms. The summed E-state index contributed by atoms with van der Waals surface area (Å²) in [6.45, 7) is 2.28. The van der Waals surface area contributed by atoms with Gasteiger partial charge >= 0.3 is 0 Å². The molecule has 1 rings (SSSR count). The highest BCUT2D eigenvalue weighted by molar-refractivity contribution is 4.71. The van der Waals surface area contributed by atoms with Crippen molar-refractivity contribution in [1.29, 1.82) is 0 Å². The van der Waals surface area contributed by atoms with Crippen LogP contribution in [0.15, 0.2) is 0 Å². The number of unbranched alkanes of at least 4 members (excludes halogenated alkanes) is 4. The van der Waals surface area contributed by atoms with Crippen molar-refractivity contribution in [3.05, 3.63) is 0 Å². The predicted molar refractivity (Wildman–Crippen MR) is 77.2 cm³/mol. The topological polar surface area (TPSA) is 26.0 Å². The van der Waals surface area contributed by atoms with Gasteiger partial charge in [-0.3, -0.25) is 0 Å². The molecule has 0 aromatic heterocycles. The van der Waals surface area contributed by atoms with Gasteiger partial charge in [-0.2, -0.15) is 0 Å². The maximum Gasteiger partial charge on any atom is 0.00414 e. The van der Waals surface area contributed by atoms with Gasteiger partial charge in [-0.1, -0.05) is 77.6 Å². The van der Waals surface area contributed by atoms with E-state index in [9.17, 15) is 0 Å². The van der Waals surface area contributed by atoms with Crippen molar-refractivity contribution in [1.82, 2.24) is 0 Å². The first-order valence-electron chi connectivity index (χ1n) is 8.08. The Hall–Kier alpha value is -0.0400. The molecule has 0 radical (unpaired) electrons. The van der Waals surface area contributed by atoms with Crippen LogP contribution in [0.5, 0.6) is 0 Å². The van der Waals surface area contributed by atoms with Crippen LogP contribution < -0.4 is 5.73 Å². The lowest BCUT2D eigenvalue weighted by Crippen LogP contribution is -2.23. The van der Waals surface area contributed by atoms with Crippen molar-refractivity contribution >= 4 is 0 Å². The van der Waals surface area contributed by atoms with Crippen LogP contribution in [0.2, 0.25) is 0 Å². The van der Waals surface area contributed by atoms with Crippen LogP contribution in [0.3, 0.4) is 0 Å². The molecule has 2 N–H and O–H groups in total. The summed E-state index contributed by atoms with van der Waals surface area (Å²) < 4.78 is 0. The largest absolute Gasteiger partial charge is 0.328 e. The molecule has 0 aromatic carbocycles. The minimum Gasteiger partial charge on any atom is -0.328 e. The summed E-state index contributed by atoms with van der Waals surface area (Å²) in [5.74, 6) is 0.947. The third kappa shape index (κ3) is 7.81. The molecular weight excluding hydrogens is 206 g/mol. The quantitative estimate of drug-likeness (QED) is 0.466. The minimum atomic E-state index is 0.486. The molecule has 17 heavy (non-hydrogen) atoms. The molecule has 102 valence electrons. The molecule has 0 aliphatic heterocycles. The Morgan fingerprint density at radius 3 is 2.24 bits per heavy atom. The van der Waals surface area contributed by atoms with Crippen molar-refractivity contribution < 1.29 is 0 Å². The normalized spacial score (nSPS) is 20.1. The lowest BCUT2D eigenvalue weighted by Gasteiger charge is -2.19. The van der Waals surface area contributed by atoms with Crippen LogP contribution in [-0.4, -0.2) is 6.04 Å². The smallest absolute Gasteiger partial charge is 0.00414 e. The summed E-state index contributed by atoms with van der Waals surface area (Å²) in [5, 5.41) is 0. The molecular formula is C16H33N. The Morgan fingerprint density at radius 1 is 0.941 bits per heavy atom. The third-order valence-corrected chi connectivity index (χ3v) is 4.29. The van der Waals surface area contributed by atoms with Gasteiger partial charge in [0.1, 0.15) is 0 Å². The second-order valence-corrected chi connectivity index (χ2v) is 6.06. The van der Waals surface area contributed by atoms with Crippen LogP contribution in [0.4, 0.5) is 0 Å². The van der Waals surface area contributed by atoms with E-state index in [1.165, 1.54) is 83.5 Å². The number of nitrogens with two attached hydrogens (primary N) is 1. The molecule has 1 nitrogen and oxygen atoms in total. The van der Waals surface area contributed by atoms with Gasteiger partial charge in [0.25, 0.3) is 0 Å². The molecule has 1 unspecified atom stereocenters. The summed E-state index contributed by atoms with van der Waals surface area (Å²) >= 11 is 0. The van der Waals surface area contributed by atoms with E-state index >= 15 is 0 Å². The van der Waals surface area contributed by atoms with Crippen LogP contribution in [0, 0.1) is 5.92 Å². The summed E-state index contributed by atoms with van der Waals surface area (Å²) in [4.78, 5) is 0. The average molecular weight is 239 g/mol. The Labute approximate surface area is 109 Å². The lowest BCUT2D eigenvalue weighted by atomic mass is 9.91. The first-order chi connectivity index (χ1) is 8.33. The Balaban J connectivity index is 2.00. The second-order valence-electron chi connectivity index (χ2n) is 6.06. The van der Waals surface area contributed by atoms with E-state index in [4.69, 9.17) is 5.73 Å². The fourth-order valence-corrected chi connectivity index (χ4v) is 3.16. The van der Waals surface area contributed by atoms with Gasteiger partial charge in [0.05, 0.1) is 0 Å². The fourth-order valence-electron chi connectivity index (χ4n) is 3.16. The SMILES string of the molecule is CCCCCCCC(N)CC1CCCCCC1. The van der Waals surface area contributed by atoms with Crippen molar-refractivity contribution in [2.45, 2.75) is 96.4 Å². The molecule has 0 spiro atoms. The van der Waals surface area contributed by atoms with E-state index < -0.39 is 0 Å². The van der Waals surface area contributed by atoms with Gasteiger partial charge in [-0.15, -0.1) is 0 Å². The number of rotatable bonds is 8. The molecule has 0 heterocycles. The van der Waals surface area contributed by atoms with Crippen molar-refractivity contribution in [2.75, 3.05) is 0 Å².